The van der Waals surface area contributed by atoms with Gasteiger partial charge in [-0.1, -0.05) is 12.1 Å². The van der Waals surface area contributed by atoms with Crippen LogP contribution in [0.2, 0.25) is 0 Å². The van der Waals surface area contributed by atoms with Crippen LogP contribution in [0.1, 0.15) is 26.3 Å². The van der Waals surface area contributed by atoms with Crippen LogP contribution in [-0.2, 0) is 6.54 Å². The Morgan fingerprint density at radius 3 is 2.28 bits per heavy atom. The number of para-hydroxylation sites is 1. The van der Waals surface area contributed by atoms with Crippen molar-refractivity contribution in [2.45, 2.75) is 6.54 Å². The van der Waals surface area contributed by atoms with Crippen LogP contribution >= 0.6 is 0 Å². The van der Waals surface area contributed by atoms with Gasteiger partial charge in [-0.2, -0.15) is 0 Å². The lowest BCUT2D eigenvalue weighted by Gasteiger charge is -2.13. The van der Waals surface area contributed by atoms with Crippen LogP contribution in [0.15, 0.2) is 36.4 Å². The number of benzene rings is 2. The van der Waals surface area contributed by atoms with Crippen molar-refractivity contribution in [2.24, 2.45) is 0 Å². The van der Waals surface area contributed by atoms with E-state index in [4.69, 9.17) is 14.2 Å². The molecule has 7 nitrogen and oxygen atoms in total. The molecule has 0 aromatic heterocycles. The molecule has 2 N–H and O–H groups in total. The smallest absolute Gasteiger partial charge is 0.339 e. The van der Waals surface area contributed by atoms with Gasteiger partial charge in [0, 0.05) is 6.54 Å². The number of methoxy groups -OCH3 is 3. The number of aromatic carboxylic acids is 1. The van der Waals surface area contributed by atoms with E-state index in [1.165, 1.54) is 27.4 Å². The van der Waals surface area contributed by atoms with E-state index < -0.39 is 5.97 Å². The summed E-state index contributed by atoms with van der Waals surface area (Å²) in [6.07, 6.45) is 0. The highest BCUT2D eigenvalue weighted by molar-refractivity contribution is 5.97. The van der Waals surface area contributed by atoms with E-state index in [-0.39, 0.29) is 23.8 Å². The third kappa shape index (κ3) is 4.00. The zero-order chi connectivity index (χ0) is 18.4. The van der Waals surface area contributed by atoms with Crippen LogP contribution in [0.25, 0.3) is 0 Å². The van der Waals surface area contributed by atoms with E-state index in [1.807, 2.05) is 0 Å². The molecule has 0 unspecified atom stereocenters. The second-order valence-corrected chi connectivity index (χ2v) is 5.06. The molecule has 2 aromatic carbocycles. The monoisotopic (exact) mass is 345 g/mol. The molecule has 2 rings (SSSR count). The molecular formula is C18H19NO6. The summed E-state index contributed by atoms with van der Waals surface area (Å²) in [4.78, 5) is 23.7. The Kier molecular flexibility index (Phi) is 5.84. The summed E-state index contributed by atoms with van der Waals surface area (Å²) in [6.45, 7) is 0.156. The van der Waals surface area contributed by atoms with Gasteiger partial charge in [-0.05, 0) is 29.8 Å². The number of hydrogen-bond donors (Lipinski definition) is 2. The maximum Gasteiger partial charge on any atom is 0.339 e. The average molecular weight is 345 g/mol. The number of rotatable bonds is 7. The molecule has 0 bridgehead atoms. The fourth-order valence-corrected chi connectivity index (χ4v) is 2.38. The van der Waals surface area contributed by atoms with Gasteiger partial charge in [-0.15, -0.1) is 0 Å². The topological polar surface area (TPSA) is 94.1 Å². The minimum atomic E-state index is -1.10. The maximum atomic E-state index is 12.4. The first-order valence-corrected chi connectivity index (χ1v) is 7.41. The van der Waals surface area contributed by atoms with Crippen molar-refractivity contribution in [1.29, 1.82) is 0 Å². The second-order valence-electron chi connectivity index (χ2n) is 5.06. The molecular weight excluding hydrogens is 326 g/mol. The van der Waals surface area contributed by atoms with E-state index in [0.717, 1.165) is 0 Å². The minimum absolute atomic E-state index is 0.0354. The summed E-state index contributed by atoms with van der Waals surface area (Å²) < 4.78 is 15.4. The van der Waals surface area contributed by atoms with Crippen molar-refractivity contribution in [3.63, 3.8) is 0 Å². The second kappa shape index (κ2) is 8.05. The lowest BCUT2D eigenvalue weighted by atomic mass is 10.1. The van der Waals surface area contributed by atoms with Gasteiger partial charge in [-0.3, -0.25) is 4.79 Å². The minimum Gasteiger partial charge on any atom is -0.496 e. The summed E-state index contributed by atoms with van der Waals surface area (Å²) in [5, 5.41) is 11.9. The molecule has 0 aliphatic rings. The summed E-state index contributed by atoms with van der Waals surface area (Å²) >= 11 is 0. The average Bonchev–Trinajstić information content (AvgIpc) is 2.64. The summed E-state index contributed by atoms with van der Waals surface area (Å²) in [5.41, 5.74) is 0.996. The Morgan fingerprint density at radius 1 is 0.960 bits per heavy atom. The van der Waals surface area contributed by atoms with Gasteiger partial charge in [-0.25, -0.2) is 4.79 Å². The zero-order valence-electron chi connectivity index (χ0n) is 14.2. The predicted molar refractivity (Wildman–Crippen MR) is 90.7 cm³/mol. The standard InChI is InChI=1S/C18H19NO6/c1-23-14-8-7-11(9-13(14)18(21)22)10-19-17(20)12-5-4-6-15(24-2)16(12)25-3/h4-9H,10H2,1-3H3,(H,19,20)(H,21,22). The Bertz CT molecular complexity index is 787. The van der Waals surface area contributed by atoms with Gasteiger partial charge in [0.25, 0.3) is 5.91 Å². The first-order valence-electron chi connectivity index (χ1n) is 7.41. The number of ether oxygens (including phenoxy) is 3. The van der Waals surface area contributed by atoms with Gasteiger partial charge in [0.1, 0.15) is 11.3 Å². The van der Waals surface area contributed by atoms with Crippen molar-refractivity contribution < 1.29 is 28.9 Å². The van der Waals surface area contributed by atoms with Crippen LogP contribution < -0.4 is 19.5 Å². The number of carbonyl (C=O) groups is 2. The van der Waals surface area contributed by atoms with Crippen molar-refractivity contribution in [1.82, 2.24) is 5.32 Å². The molecule has 0 aliphatic heterocycles. The summed E-state index contributed by atoms with van der Waals surface area (Å²) in [5.74, 6) is -0.406. The SMILES string of the molecule is COc1ccc(CNC(=O)c2cccc(OC)c2OC)cc1C(=O)O. The normalized spacial score (nSPS) is 10.0. The summed E-state index contributed by atoms with van der Waals surface area (Å²) in [7, 11) is 4.35. The Labute approximate surface area is 145 Å². The van der Waals surface area contributed by atoms with Crippen LogP contribution in [0, 0.1) is 0 Å². The predicted octanol–water partition coefficient (Wildman–Crippen LogP) is 2.34. The molecule has 0 spiro atoms. The van der Waals surface area contributed by atoms with Crippen LogP contribution in [0.5, 0.6) is 17.2 Å². The molecule has 0 aliphatic carbocycles. The molecule has 0 atom stereocenters. The Morgan fingerprint density at radius 2 is 1.68 bits per heavy atom. The highest BCUT2D eigenvalue weighted by Gasteiger charge is 2.17. The molecule has 0 fully saturated rings. The van der Waals surface area contributed by atoms with E-state index in [2.05, 4.69) is 5.32 Å². The quantitative estimate of drug-likeness (QED) is 0.800. The maximum absolute atomic E-state index is 12.4. The molecule has 2 aromatic rings. The molecule has 1 amide bonds. The van der Waals surface area contributed by atoms with Gasteiger partial charge in [0.15, 0.2) is 11.5 Å². The largest absolute Gasteiger partial charge is 0.496 e. The van der Waals surface area contributed by atoms with Crippen molar-refractivity contribution in [2.75, 3.05) is 21.3 Å². The number of amides is 1. The first kappa shape index (κ1) is 18.1. The van der Waals surface area contributed by atoms with Crippen molar-refractivity contribution in [3.8, 4) is 17.2 Å². The Balaban J connectivity index is 2.18. The van der Waals surface area contributed by atoms with Crippen LogP contribution in [-0.4, -0.2) is 38.3 Å². The fourth-order valence-electron chi connectivity index (χ4n) is 2.38. The Hall–Kier alpha value is -3.22. The molecule has 132 valence electrons. The van der Waals surface area contributed by atoms with Gasteiger partial charge in [0.2, 0.25) is 0 Å². The molecule has 0 heterocycles. The van der Waals surface area contributed by atoms with Gasteiger partial charge < -0.3 is 24.6 Å². The van der Waals surface area contributed by atoms with Crippen LogP contribution in [0.3, 0.4) is 0 Å². The lowest BCUT2D eigenvalue weighted by molar-refractivity contribution is 0.0693. The molecule has 0 radical (unpaired) electrons. The summed E-state index contributed by atoms with van der Waals surface area (Å²) in [6, 6.07) is 9.70. The number of nitrogens with one attached hydrogen (secondary N) is 1. The number of hydrogen-bond acceptors (Lipinski definition) is 5. The highest BCUT2D eigenvalue weighted by atomic mass is 16.5. The zero-order valence-corrected chi connectivity index (χ0v) is 14.2. The molecule has 0 saturated heterocycles. The molecule has 7 heteroatoms. The van der Waals surface area contributed by atoms with E-state index in [9.17, 15) is 14.7 Å². The third-order valence-corrected chi connectivity index (χ3v) is 3.59. The van der Waals surface area contributed by atoms with E-state index >= 15 is 0 Å². The van der Waals surface area contributed by atoms with Gasteiger partial charge >= 0.3 is 5.97 Å². The molecule has 25 heavy (non-hydrogen) atoms. The lowest BCUT2D eigenvalue weighted by Crippen LogP contribution is -2.23. The molecule has 0 saturated carbocycles. The number of carboxylic acid groups (broad SMARTS) is 1. The number of carbonyl (C=O) groups excluding carboxylic acids is 1. The first-order chi connectivity index (χ1) is 12.0. The van der Waals surface area contributed by atoms with E-state index in [0.29, 0.717) is 22.6 Å². The number of carboxylic acids is 1. The van der Waals surface area contributed by atoms with Gasteiger partial charge in [0.05, 0.1) is 26.9 Å². The third-order valence-electron chi connectivity index (χ3n) is 3.59. The van der Waals surface area contributed by atoms with Crippen molar-refractivity contribution >= 4 is 11.9 Å². The highest BCUT2D eigenvalue weighted by Crippen LogP contribution is 2.30. The fraction of sp³-hybridized carbons (Fsp3) is 0.222. The van der Waals surface area contributed by atoms with Crippen molar-refractivity contribution in [3.05, 3.63) is 53.1 Å². The van der Waals surface area contributed by atoms with Crippen LogP contribution in [0.4, 0.5) is 0 Å². The van der Waals surface area contributed by atoms with E-state index in [1.54, 1.807) is 30.3 Å².